The molecule has 6 heteroatoms. The smallest absolute Gasteiger partial charge is 0.341 e. The second-order valence-corrected chi connectivity index (χ2v) is 5.31. The van der Waals surface area contributed by atoms with Gasteiger partial charge in [-0.1, -0.05) is 28.1 Å². The van der Waals surface area contributed by atoms with Crippen molar-refractivity contribution in [2.75, 3.05) is 11.9 Å². The van der Waals surface area contributed by atoms with Crippen molar-refractivity contribution in [1.82, 2.24) is 9.97 Å². The lowest BCUT2D eigenvalue weighted by atomic mass is 10.2. The minimum Gasteiger partial charge on any atom is -0.462 e. The Labute approximate surface area is 131 Å². The minimum absolute atomic E-state index is 0.335. The molecule has 0 aliphatic carbocycles. The largest absolute Gasteiger partial charge is 0.462 e. The van der Waals surface area contributed by atoms with Gasteiger partial charge in [-0.3, -0.25) is 0 Å². The van der Waals surface area contributed by atoms with E-state index in [4.69, 9.17) is 4.74 Å². The Morgan fingerprint density at radius 2 is 2.05 bits per heavy atom. The number of ether oxygens (including phenoxy) is 1. The van der Waals surface area contributed by atoms with Crippen LogP contribution < -0.4 is 5.32 Å². The van der Waals surface area contributed by atoms with E-state index >= 15 is 0 Å². The van der Waals surface area contributed by atoms with Crippen LogP contribution in [0.25, 0.3) is 0 Å². The number of hydrogen-bond acceptors (Lipinski definition) is 5. The summed E-state index contributed by atoms with van der Waals surface area (Å²) in [7, 11) is 0. The SMILES string of the molecule is CCOC(=O)c1cnc(NCc2ccc(Br)cc2)nc1C. The molecule has 0 unspecified atom stereocenters. The van der Waals surface area contributed by atoms with E-state index in [1.165, 1.54) is 6.20 Å². The molecule has 0 saturated carbocycles. The van der Waals surface area contributed by atoms with Gasteiger partial charge in [-0.25, -0.2) is 14.8 Å². The van der Waals surface area contributed by atoms with Crippen molar-refractivity contribution in [1.29, 1.82) is 0 Å². The second kappa shape index (κ2) is 7.17. The number of anilines is 1. The molecule has 2 aromatic rings. The summed E-state index contributed by atoms with van der Waals surface area (Å²) in [6.45, 7) is 4.48. The molecule has 110 valence electrons. The highest BCUT2D eigenvalue weighted by Gasteiger charge is 2.12. The van der Waals surface area contributed by atoms with Crippen molar-refractivity contribution in [2.24, 2.45) is 0 Å². The van der Waals surface area contributed by atoms with Gasteiger partial charge in [0.15, 0.2) is 0 Å². The molecule has 2 rings (SSSR count). The van der Waals surface area contributed by atoms with Crippen LogP contribution in [0, 0.1) is 6.92 Å². The van der Waals surface area contributed by atoms with E-state index in [-0.39, 0.29) is 0 Å². The Kier molecular flexibility index (Phi) is 5.27. The van der Waals surface area contributed by atoms with Crippen molar-refractivity contribution in [3.63, 3.8) is 0 Å². The lowest BCUT2D eigenvalue weighted by Crippen LogP contribution is -2.11. The number of aryl methyl sites for hydroxylation is 1. The number of nitrogens with one attached hydrogen (secondary N) is 1. The van der Waals surface area contributed by atoms with Gasteiger partial charge < -0.3 is 10.1 Å². The Balaban J connectivity index is 2.03. The molecule has 1 aromatic heterocycles. The number of nitrogens with zero attached hydrogens (tertiary/aromatic N) is 2. The van der Waals surface area contributed by atoms with Gasteiger partial charge in [0.2, 0.25) is 5.95 Å². The van der Waals surface area contributed by atoms with Crippen LogP contribution in [0.4, 0.5) is 5.95 Å². The predicted octanol–water partition coefficient (Wildman–Crippen LogP) is 3.34. The molecular weight excluding hydrogens is 334 g/mol. The first-order valence-corrected chi connectivity index (χ1v) is 7.38. The van der Waals surface area contributed by atoms with Crippen molar-refractivity contribution in [3.05, 3.63) is 51.8 Å². The Bertz CT molecular complexity index is 629. The number of hydrogen-bond donors (Lipinski definition) is 1. The summed E-state index contributed by atoms with van der Waals surface area (Å²) in [5.74, 6) is 0.0953. The summed E-state index contributed by atoms with van der Waals surface area (Å²) in [5.41, 5.74) is 2.11. The summed E-state index contributed by atoms with van der Waals surface area (Å²) in [6.07, 6.45) is 1.49. The number of esters is 1. The average Bonchev–Trinajstić information content (AvgIpc) is 2.47. The zero-order valence-corrected chi connectivity index (χ0v) is 13.5. The molecular formula is C15H16BrN3O2. The average molecular weight is 350 g/mol. The minimum atomic E-state index is -0.394. The van der Waals surface area contributed by atoms with E-state index in [1.54, 1.807) is 13.8 Å². The molecule has 0 amide bonds. The predicted molar refractivity (Wildman–Crippen MR) is 84.2 cm³/mol. The summed E-state index contributed by atoms with van der Waals surface area (Å²) in [5, 5.41) is 3.13. The molecule has 1 N–H and O–H groups in total. The van der Waals surface area contributed by atoms with Crippen LogP contribution in [0.3, 0.4) is 0 Å². The maximum Gasteiger partial charge on any atom is 0.341 e. The van der Waals surface area contributed by atoms with Crippen molar-refractivity contribution in [2.45, 2.75) is 20.4 Å². The first-order chi connectivity index (χ1) is 10.1. The van der Waals surface area contributed by atoms with Gasteiger partial charge in [-0.2, -0.15) is 0 Å². The number of rotatable bonds is 5. The van der Waals surface area contributed by atoms with E-state index in [0.29, 0.717) is 30.4 Å². The Morgan fingerprint density at radius 3 is 2.67 bits per heavy atom. The maximum atomic E-state index is 11.7. The molecule has 0 bridgehead atoms. The lowest BCUT2D eigenvalue weighted by molar-refractivity contribution is 0.0524. The van der Waals surface area contributed by atoms with Gasteiger partial charge in [0.05, 0.1) is 17.9 Å². The van der Waals surface area contributed by atoms with Gasteiger partial charge >= 0.3 is 5.97 Å². The molecule has 1 aromatic carbocycles. The summed E-state index contributed by atoms with van der Waals surface area (Å²) in [6, 6.07) is 7.98. The standard InChI is InChI=1S/C15H16BrN3O2/c1-3-21-14(20)13-9-18-15(19-10(13)2)17-8-11-4-6-12(16)7-5-11/h4-7,9H,3,8H2,1-2H3,(H,17,18,19). The van der Waals surface area contributed by atoms with Gasteiger partial charge in [-0.05, 0) is 31.5 Å². The third-order valence-electron chi connectivity index (χ3n) is 2.84. The monoisotopic (exact) mass is 349 g/mol. The zero-order valence-electron chi connectivity index (χ0n) is 11.9. The first-order valence-electron chi connectivity index (χ1n) is 6.59. The van der Waals surface area contributed by atoms with Gasteiger partial charge in [0.1, 0.15) is 0 Å². The second-order valence-electron chi connectivity index (χ2n) is 4.39. The first kappa shape index (κ1) is 15.4. The molecule has 0 saturated heterocycles. The number of benzene rings is 1. The molecule has 0 spiro atoms. The zero-order chi connectivity index (χ0) is 15.2. The van der Waals surface area contributed by atoms with E-state index in [1.807, 2.05) is 24.3 Å². The van der Waals surface area contributed by atoms with Gasteiger partial charge in [0, 0.05) is 17.2 Å². The highest BCUT2D eigenvalue weighted by Crippen LogP contribution is 2.12. The van der Waals surface area contributed by atoms with E-state index in [9.17, 15) is 4.79 Å². The quantitative estimate of drug-likeness (QED) is 0.838. The third-order valence-corrected chi connectivity index (χ3v) is 3.37. The number of carbonyl (C=O) groups is 1. The Morgan fingerprint density at radius 1 is 1.33 bits per heavy atom. The number of aromatic nitrogens is 2. The normalized spacial score (nSPS) is 10.2. The molecule has 21 heavy (non-hydrogen) atoms. The molecule has 0 aliphatic rings. The summed E-state index contributed by atoms with van der Waals surface area (Å²) < 4.78 is 5.98. The fourth-order valence-electron chi connectivity index (χ4n) is 1.74. The summed E-state index contributed by atoms with van der Waals surface area (Å²) in [4.78, 5) is 20.1. The fourth-order valence-corrected chi connectivity index (χ4v) is 2.01. The fraction of sp³-hybridized carbons (Fsp3) is 0.267. The third kappa shape index (κ3) is 4.26. The summed E-state index contributed by atoms with van der Waals surface area (Å²) >= 11 is 3.40. The molecule has 0 aliphatic heterocycles. The van der Waals surface area contributed by atoms with Crippen LogP contribution in [0.15, 0.2) is 34.9 Å². The highest BCUT2D eigenvalue weighted by molar-refractivity contribution is 9.10. The molecule has 0 fully saturated rings. The van der Waals surface area contributed by atoms with Crippen LogP contribution in [0.1, 0.15) is 28.5 Å². The van der Waals surface area contributed by atoms with Crippen LogP contribution >= 0.6 is 15.9 Å². The molecule has 0 atom stereocenters. The van der Waals surface area contributed by atoms with Crippen molar-refractivity contribution in [3.8, 4) is 0 Å². The van der Waals surface area contributed by atoms with Gasteiger partial charge in [-0.15, -0.1) is 0 Å². The molecule has 5 nitrogen and oxygen atoms in total. The topological polar surface area (TPSA) is 64.1 Å². The van der Waals surface area contributed by atoms with E-state index in [0.717, 1.165) is 10.0 Å². The maximum absolute atomic E-state index is 11.7. The number of carbonyl (C=O) groups excluding carboxylic acids is 1. The van der Waals surface area contributed by atoms with Crippen LogP contribution in [0.5, 0.6) is 0 Å². The number of halogens is 1. The Hall–Kier alpha value is -1.95. The lowest BCUT2D eigenvalue weighted by Gasteiger charge is -2.08. The van der Waals surface area contributed by atoms with Crippen LogP contribution in [-0.4, -0.2) is 22.5 Å². The van der Waals surface area contributed by atoms with E-state index < -0.39 is 5.97 Å². The molecule has 0 radical (unpaired) electrons. The van der Waals surface area contributed by atoms with Crippen LogP contribution in [-0.2, 0) is 11.3 Å². The van der Waals surface area contributed by atoms with Crippen molar-refractivity contribution >= 4 is 27.8 Å². The van der Waals surface area contributed by atoms with Crippen LogP contribution in [0.2, 0.25) is 0 Å². The van der Waals surface area contributed by atoms with Gasteiger partial charge in [0.25, 0.3) is 0 Å². The molecule has 1 heterocycles. The van der Waals surface area contributed by atoms with E-state index in [2.05, 4.69) is 31.2 Å². The van der Waals surface area contributed by atoms with Crippen molar-refractivity contribution < 1.29 is 9.53 Å². The highest BCUT2D eigenvalue weighted by atomic mass is 79.9.